The van der Waals surface area contributed by atoms with Gasteiger partial charge < -0.3 is 25.5 Å². The van der Waals surface area contributed by atoms with Gasteiger partial charge in [-0.2, -0.15) is 0 Å². The number of aromatic carboxylic acids is 1. The number of carbonyl (C=O) groups is 4. The van der Waals surface area contributed by atoms with E-state index in [4.69, 9.17) is 4.74 Å². The minimum absolute atomic E-state index is 0.0525. The van der Waals surface area contributed by atoms with E-state index in [2.05, 4.69) is 39.9 Å². The lowest BCUT2D eigenvalue weighted by molar-refractivity contribution is -0.120. The van der Waals surface area contributed by atoms with Crippen molar-refractivity contribution in [2.45, 2.75) is 37.6 Å². The van der Waals surface area contributed by atoms with Crippen LogP contribution in [0.5, 0.6) is 0 Å². The summed E-state index contributed by atoms with van der Waals surface area (Å²) in [6.45, 7) is 0.513. The van der Waals surface area contributed by atoms with Crippen molar-refractivity contribution >= 4 is 34.7 Å². The highest BCUT2D eigenvalue weighted by molar-refractivity contribution is 5.99. The zero-order valence-corrected chi connectivity index (χ0v) is 29.9. The SMILES string of the molecule is O=C(NCCCC[C@H](NC(=O)c1ccc(-c2ccccc2)cc1)C(=O)Cc1ccc2[nH]cc(C(=O)O)c(=O)c2c1)OCC1c2ccccc2-c2ccccc21. The molecule has 0 bridgehead atoms. The molecule has 1 atom stereocenters. The number of nitrogens with one attached hydrogen (secondary N) is 3. The number of ether oxygens (including phenoxy) is 1. The van der Waals surface area contributed by atoms with E-state index in [0.29, 0.717) is 42.5 Å². The number of aromatic nitrogens is 1. The number of hydrogen-bond acceptors (Lipinski definition) is 6. The van der Waals surface area contributed by atoms with Gasteiger partial charge in [0.1, 0.15) is 12.2 Å². The Morgan fingerprint density at radius 3 is 2.11 bits per heavy atom. The largest absolute Gasteiger partial charge is 0.477 e. The van der Waals surface area contributed by atoms with E-state index in [9.17, 15) is 29.1 Å². The molecule has 55 heavy (non-hydrogen) atoms. The van der Waals surface area contributed by atoms with Gasteiger partial charge in [-0.15, -0.1) is 0 Å². The molecule has 0 aliphatic heterocycles. The summed E-state index contributed by atoms with van der Waals surface area (Å²) >= 11 is 0. The summed E-state index contributed by atoms with van der Waals surface area (Å²) in [5, 5.41) is 15.3. The monoisotopic (exact) mass is 733 g/mol. The lowest BCUT2D eigenvalue weighted by Crippen LogP contribution is -2.41. The van der Waals surface area contributed by atoms with Crippen LogP contribution in [-0.4, -0.2) is 53.0 Å². The molecule has 5 aromatic carbocycles. The van der Waals surface area contributed by atoms with Crippen molar-refractivity contribution in [3.8, 4) is 22.3 Å². The number of benzene rings is 5. The van der Waals surface area contributed by atoms with Crippen LogP contribution in [0.2, 0.25) is 0 Å². The number of unbranched alkanes of at least 4 members (excludes halogenated alkanes) is 1. The number of hydrogen-bond donors (Lipinski definition) is 4. The number of rotatable bonds is 14. The second kappa shape index (κ2) is 16.5. The summed E-state index contributed by atoms with van der Waals surface area (Å²) < 4.78 is 5.65. The number of ketones is 1. The third-order valence-electron chi connectivity index (χ3n) is 10.0. The van der Waals surface area contributed by atoms with Gasteiger partial charge in [0, 0.05) is 41.5 Å². The molecule has 10 nitrogen and oxygen atoms in total. The fraction of sp³-hybridized carbons (Fsp3) is 0.178. The van der Waals surface area contributed by atoms with Gasteiger partial charge in [0.15, 0.2) is 5.78 Å². The molecule has 1 heterocycles. The number of alkyl carbamates (subject to hydrolysis) is 1. The molecular weight excluding hydrogens is 695 g/mol. The molecule has 0 radical (unpaired) electrons. The summed E-state index contributed by atoms with van der Waals surface area (Å²) in [6.07, 6.45) is 1.86. The molecular formula is C45H39N3O7. The third kappa shape index (κ3) is 8.23. The van der Waals surface area contributed by atoms with Crippen LogP contribution in [0.15, 0.2) is 132 Å². The maximum absolute atomic E-state index is 13.8. The molecule has 0 unspecified atom stereocenters. The van der Waals surface area contributed by atoms with E-state index in [-0.39, 0.29) is 30.1 Å². The van der Waals surface area contributed by atoms with Crippen molar-refractivity contribution < 1.29 is 29.0 Å². The van der Waals surface area contributed by atoms with Crippen LogP contribution in [0.1, 0.15) is 62.6 Å². The number of carboxylic acids is 1. The topological polar surface area (TPSA) is 155 Å². The smallest absolute Gasteiger partial charge is 0.407 e. The van der Waals surface area contributed by atoms with E-state index < -0.39 is 35.0 Å². The zero-order chi connectivity index (χ0) is 38.3. The molecule has 4 N–H and O–H groups in total. The average Bonchev–Trinajstić information content (AvgIpc) is 3.53. The van der Waals surface area contributed by atoms with Crippen molar-refractivity contribution in [1.82, 2.24) is 15.6 Å². The van der Waals surface area contributed by atoms with Gasteiger partial charge in [0.25, 0.3) is 5.91 Å². The summed E-state index contributed by atoms with van der Waals surface area (Å²) in [4.78, 5) is 67.2. The number of aromatic amines is 1. The Hall–Kier alpha value is -6.81. The Kier molecular flexibility index (Phi) is 10.9. The molecule has 0 saturated heterocycles. The standard InChI is InChI=1S/C45H39N3O7/c49-41(25-28-17-22-39-36(24-28)42(50)37(26-47-39)44(52)53)40(48-43(51)31-20-18-30(19-21-31)29-10-2-1-3-11-29)16-8-9-23-46-45(54)55-27-38-34-14-6-4-12-32(34)33-13-5-7-15-35(33)38/h1-7,10-15,17-22,24,26,38,40H,8-9,16,23,25,27H2,(H,46,54)(H,47,50)(H,48,51)(H,52,53)/t40-/m0/s1. The third-order valence-corrected chi connectivity index (χ3v) is 10.0. The molecule has 7 rings (SSSR count). The van der Waals surface area contributed by atoms with Gasteiger partial charge in [-0.05, 0) is 82.5 Å². The van der Waals surface area contributed by atoms with Crippen molar-refractivity contribution in [3.63, 3.8) is 0 Å². The molecule has 1 aromatic heterocycles. The highest BCUT2D eigenvalue weighted by Gasteiger charge is 2.29. The van der Waals surface area contributed by atoms with Crippen LogP contribution in [0, 0.1) is 0 Å². The second-order valence-electron chi connectivity index (χ2n) is 13.6. The molecule has 0 saturated carbocycles. The second-order valence-corrected chi connectivity index (χ2v) is 13.6. The van der Waals surface area contributed by atoms with Crippen molar-refractivity contribution in [3.05, 3.63) is 166 Å². The Labute approximate surface area is 317 Å². The van der Waals surface area contributed by atoms with E-state index in [0.717, 1.165) is 39.6 Å². The Morgan fingerprint density at radius 1 is 0.764 bits per heavy atom. The first-order valence-corrected chi connectivity index (χ1v) is 18.2. The van der Waals surface area contributed by atoms with E-state index in [1.165, 1.54) is 6.07 Å². The molecule has 276 valence electrons. The maximum Gasteiger partial charge on any atom is 0.407 e. The number of H-pyrrole nitrogens is 1. The first-order valence-electron chi connectivity index (χ1n) is 18.2. The maximum atomic E-state index is 13.8. The predicted molar refractivity (Wildman–Crippen MR) is 210 cm³/mol. The van der Waals surface area contributed by atoms with E-state index >= 15 is 0 Å². The number of pyridine rings is 1. The highest BCUT2D eigenvalue weighted by Crippen LogP contribution is 2.44. The van der Waals surface area contributed by atoms with Crippen LogP contribution in [-0.2, 0) is 16.0 Å². The first kappa shape index (κ1) is 36.5. The van der Waals surface area contributed by atoms with Gasteiger partial charge in [-0.25, -0.2) is 9.59 Å². The number of Topliss-reactive ketones (excluding diaryl/α,β-unsaturated/α-hetero) is 1. The van der Waals surface area contributed by atoms with Gasteiger partial charge >= 0.3 is 12.1 Å². The molecule has 10 heteroatoms. The minimum Gasteiger partial charge on any atom is -0.477 e. The molecule has 0 spiro atoms. The molecule has 2 amide bonds. The summed E-state index contributed by atoms with van der Waals surface area (Å²) in [7, 11) is 0. The average molecular weight is 734 g/mol. The fourth-order valence-corrected chi connectivity index (χ4v) is 7.17. The van der Waals surface area contributed by atoms with Gasteiger partial charge in [-0.3, -0.25) is 14.4 Å². The van der Waals surface area contributed by atoms with Crippen LogP contribution in [0.3, 0.4) is 0 Å². The van der Waals surface area contributed by atoms with E-state index in [1.54, 1.807) is 24.3 Å². The van der Waals surface area contributed by atoms with Crippen LogP contribution in [0.25, 0.3) is 33.2 Å². The van der Waals surface area contributed by atoms with Crippen LogP contribution < -0.4 is 16.1 Å². The Morgan fingerprint density at radius 2 is 1.42 bits per heavy atom. The Bertz CT molecular complexity index is 2390. The summed E-state index contributed by atoms with van der Waals surface area (Å²) in [6, 6.07) is 37.1. The fourth-order valence-electron chi connectivity index (χ4n) is 7.17. The summed E-state index contributed by atoms with van der Waals surface area (Å²) in [5.41, 5.74) is 6.81. The minimum atomic E-state index is -1.35. The highest BCUT2D eigenvalue weighted by atomic mass is 16.5. The lowest BCUT2D eigenvalue weighted by Gasteiger charge is -2.19. The van der Waals surface area contributed by atoms with Crippen molar-refractivity contribution in [2.24, 2.45) is 0 Å². The first-order chi connectivity index (χ1) is 26.8. The summed E-state index contributed by atoms with van der Waals surface area (Å²) in [5.74, 6) is -2.08. The quantitative estimate of drug-likeness (QED) is 0.0845. The molecule has 1 aliphatic rings. The predicted octanol–water partition coefficient (Wildman–Crippen LogP) is 7.51. The lowest BCUT2D eigenvalue weighted by atomic mass is 9.97. The van der Waals surface area contributed by atoms with E-state index in [1.807, 2.05) is 66.7 Å². The molecule has 0 fully saturated rings. The van der Waals surface area contributed by atoms with Gasteiger partial charge in [0.05, 0.1) is 6.04 Å². The van der Waals surface area contributed by atoms with Gasteiger partial charge in [-0.1, -0.05) is 97.1 Å². The normalized spacial score (nSPS) is 12.4. The van der Waals surface area contributed by atoms with Crippen molar-refractivity contribution in [1.29, 1.82) is 0 Å². The van der Waals surface area contributed by atoms with Crippen LogP contribution >= 0.6 is 0 Å². The van der Waals surface area contributed by atoms with Gasteiger partial charge in [0.2, 0.25) is 5.43 Å². The molecule has 1 aliphatic carbocycles. The van der Waals surface area contributed by atoms with Crippen molar-refractivity contribution in [2.75, 3.05) is 13.2 Å². The number of carboxylic acid groups (broad SMARTS) is 1. The number of amides is 2. The Balaban J connectivity index is 0.980. The number of fused-ring (bicyclic) bond motifs is 4. The van der Waals surface area contributed by atoms with Crippen LogP contribution in [0.4, 0.5) is 4.79 Å². The molecule has 6 aromatic rings. The zero-order valence-electron chi connectivity index (χ0n) is 29.9. The number of carbonyl (C=O) groups excluding carboxylic acids is 3.